The van der Waals surface area contributed by atoms with Gasteiger partial charge < -0.3 is 14.5 Å². The fraction of sp³-hybridized carbons (Fsp3) is 0.273. The maximum atomic E-state index is 13.0. The molecule has 1 saturated heterocycles. The van der Waals surface area contributed by atoms with Crippen LogP contribution in [0.4, 0.5) is 0 Å². The van der Waals surface area contributed by atoms with Crippen LogP contribution in [-0.2, 0) is 6.54 Å². The van der Waals surface area contributed by atoms with E-state index >= 15 is 0 Å². The van der Waals surface area contributed by atoms with Crippen molar-refractivity contribution in [1.29, 1.82) is 0 Å². The van der Waals surface area contributed by atoms with Gasteiger partial charge in [0, 0.05) is 49.4 Å². The van der Waals surface area contributed by atoms with E-state index in [-0.39, 0.29) is 5.91 Å². The van der Waals surface area contributed by atoms with Gasteiger partial charge in [0.2, 0.25) is 0 Å². The number of likely N-dealkylation sites (tertiary alicyclic amines) is 1. The second kappa shape index (κ2) is 7.50. The molecule has 146 valence electrons. The van der Waals surface area contributed by atoms with E-state index in [1.807, 2.05) is 47.9 Å². The lowest BCUT2D eigenvalue weighted by Crippen LogP contribution is -2.41. The van der Waals surface area contributed by atoms with E-state index in [9.17, 15) is 4.79 Å². The number of pyridine rings is 1. The summed E-state index contributed by atoms with van der Waals surface area (Å²) < 4.78 is 2.09. The number of nitrogens with zero attached hydrogens (tertiary/aromatic N) is 5. The maximum Gasteiger partial charge on any atom is 0.253 e. The molecule has 1 atom stereocenters. The average Bonchev–Trinajstić information content (AvgIpc) is 3.45. The second-order valence-corrected chi connectivity index (χ2v) is 7.58. The molecule has 4 aromatic rings. The Balaban J connectivity index is 1.32. The molecule has 0 radical (unpaired) electrons. The lowest BCUT2D eigenvalue weighted by atomic mass is 9.97. The third kappa shape index (κ3) is 3.51. The van der Waals surface area contributed by atoms with E-state index in [0.717, 1.165) is 60.2 Å². The number of carbonyl (C=O) groups excluding carboxylic acids is 1. The highest BCUT2D eigenvalue weighted by molar-refractivity contribution is 5.96. The molecule has 3 aromatic heterocycles. The summed E-state index contributed by atoms with van der Waals surface area (Å²) in [6.45, 7) is 2.51. The standard InChI is InChI=1S/C22H22N6O/c29-22(28-8-1-2-16(13-28)12-27-9-7-23-15-27)18-5-3-17(4-6-18)19-10-24-11-20-21(19)26-14-25-20/h3-7,9-11,14-16H,1-2,8,12-13H2,(H,25,26). The minimum absolute atomic E-state index is 0.1000. The van der Waals surface area contributed by atoms with Crippen molar-refractivity contribution in [3.63, 3.8) is 0 Å². The molecule has 29 heavy (non-hydrogen) atoms. The Morgan fingerprint density at radius 2 is 2.07 bits per heavy atom. The number of amides is 1. The summed E-state index contributed by atoms with van der Waals surface area (Å²) >= 11 is 0. The lowest BCUT2D eigenvalue weighted by Gasteiger charge is -2.33. The number of fused-ring (bicyclic) bond motifs is 1. The van der Waals surface area contributed by atoms with Crippen LogP contribution in [0.3, 0.4) is 0 Å². The molecule has 0 aliphatic carbocycles. The number of aromatic amines is 1. The van der Waals surface area contributed by atoms with E-state index in [0.29, 0.717) is 5.92 Å². The summed E-state index contributed by atoms with van der Waals surface area (Å²) in [5.74, 6) is 0.562. The first-order valence-corrected chi connectivity index (χ1v) is 9.90. The number of carbonyl (C=O) groups is 1. The van der Waals surface area contributed by atoms with E-state index < -0.39 is 0 Å². The van der Waals surface area contributed by atoms with Crippen molar-refractivity contribution in [2.24, 2.45) is 5.92 Å². The largest absolute Gasteiger partial charge is 0.343 e. The van der Waals surface area contributed by atoms with Gasteiger partial charge in [-0.3, -0.25) is 9.78 Å². The van der Waals surface area contributed by atoms with Gasteiger partial charge in [0.25, 0.3) is 5.91 Å². The Bertz CT molecular complexity index is 1120. The second-order valence-electron chi connectivity index (χ2n) is 7.58. The van der Waals surface area contributed by atoms with Gasteiger partial charge in [-0.15, -0.1) is 0 Å². The Morgan fingerprint density at radius 3 is 2.90 bits per heavy atom. The minimum Gasteiger partial charge on any atom is -0.343 e. The van der Waals surface area contributed by atoms with Gasteiger partial charge in [-0.2, -0.15) is 0 Å². The molecule has 1 aromatic carbocycles. The molecule has 0 spiro atoms. The fourth-order valence-electron chi connectivity index (χ4n) is 4.14. The van der Waals surface area contributed by atoms with E-state index in [2.05, 4.69) is 24.5 Å². The summed E-state index contributed by atoms with van der Waals surface area (Å²) in [5.41, 5.74) is 4.47. The molecule has 5 rings (SSSR count). The molecule has 1 fully saturated rings. The van der Waals surface area contributed by atoms with Crippen LogP contribution in [-0.4, -0.2) is 48.4 Å². The summed E-state index contributed by atoms with van der Waals surface area (Å²) in [4.78, 5) is 30.9. The highest BCUT2D eigenvalue weighted by Crippen LogP contribution is 2.26. The van der Waals surface area contributed by atoms with Crippen LogP contribution in [0.25, 0.3) is 22.2 Å². The summed E-state index contributed by atoms with van der Waals surface area (Å²) in [6.07, 6.45) is 13.0. The maximum absolute atomic E-state index is 13.0. The van der Waals surface area contributed by atoms with E-state index in [1.165, 1.54) is 0 Å². The first kappa shape index (κ1) is 17.6. The first-order chi connectivity index (χ1) is 14.3. The zero-order chi connectivity index (χ0) is 19.6. The van der Waals surface area contributed by atoms with E-state index in [1.54, 1.807) is 18.7 Å². The summed E-state index contributed by atoms with van der Waals surface area (Å²) in [7, 11) is 0. The number of imidazole rings is 2. The molecular weight excluding hydrogens is 364 g/mol. The molecule has 4 heterocycles. The number of rotatable bonds is 4. The van der Waals surface area contributed by atoms with Crippen LogP contribution in [0.5, 0.6) is 0 Å². The molecular formula is C22H22N6O. The van der Waals surface area contributed by atoms with Crippen LogP contribution >= 0.6 is 0 Å². The van der Waals surface area contributed by atoms with Crippen LogP contribution in [0.15, 0.2) is 61.7 Å². The van der Waals surface area contributed by atoms with Crippen molar-refractivity contribution in [3.05, 3.63) is 67.3 Å². The summed E-state index contributed by atoms with van der Waals surface area (Å²) in [5, 5.41) is 0. The SMILES string of the molecule is O=C(c1ccc(-c2cncc3[nH]cnc23)cc1)N1CCCC(Cn2ccnc2)C1. The molecule has 0 saturated carbocycles. The van der Waals surface area contributed by atoms with Gasteiger partial charge in [0.05, 0.1) is 29.9 Å². The molecule has 1 unspecified atom stereocenters. The smallest absolute Gasteiger partial charge is 0.253 e. The van der Waals surface area contributed by atoms with Crippen molar-refractivity contribution in [3.8, 4) is 11.1 Å². The predicted octanol–water partition coefficient (Wildman–Crippen LogP) is 3.37. The number of aromatic nitrogens is 5. The van der Waals surface area contributed by atoms with Crippen LogP contribution < -0.4 is 0 Å². The zero-order valence-corrected chi connectivity index (χ0v) is 16.0. The highest BCUT2D eigenvalue weighted by atomic mass is 16.2. The molecule has 1 aliphatic heterocycles. The Hall–Kier alpha value is -3.48. The minimum atomic E-state index is 0.1000. The highest BCUT2D eigenvalue weighted by Gasteiger charge is 2.24. The Kier molecular flexibility index (Phi) is 4.56. The number of benzene rings is 1. The Labute approximate surface area is 168 Å². The average molecular weight is 386 g/mol. The summed E-state index contributed by atoms with van der Waals surface area (Å²) in [6, 6.07) is 7.77. The van der Waals surface area contributed by atoms with Gasteiger partial charge in [0.15, 0.2) is 0 Å². The first-order valence-electron chi connectivity index (χ1n) is 9.90. The monoisotopic (exact) mass is 386 g/mol. The fourth-order valence-corrected chi connectivity index (χ4v) is 4.14. The number of piperidine rings is 1. The van der Waals surface area contributed by atoms with Crippen molar-refractivity contribution >= 4 is 16.9 Å². The Morgan fingerprint density at radius 1 is 1.17 bits per heavy atom. The number of nitrogens with one attached hydrogen (secondary N) is 1. The van der Waals surface area contributed by atoms with Gasteiger partial charge in [-0.05, 0) is 36.5 Å². The van der Waals surface area contributed by atoms with Gasteiger partial charge in [0.1, 0.15) is 0 Å². The molecule has 0 bridgehead atoms. The third-order valence-electron chi connectivity index (χ3n) is 5.61. The quantitative estimate of drug-likeness (QED) is 0.583. The van der Waals surface area contributed by atoms with Crippen LogP contribution in [0.2, 0.25) is 0 Å². The number of hydrogen-bond donors (Lipinski definition) is 1. The zero-order valence-electron chi connectivity index (χ0n) is 16.0. The van der Waals surface area contributed by atoms with Gasteiger partial charge >= 0.3 is 0 Å². The molecule has 1 amide bonds. The molecule has 1 N–H and O–H groups in total. The van der Waals surface area contributed by atoms with Gasteiger partial charge in [-0.1, -0.05) is 12.1 Å². The van der Waals surface area contributed by atoms with Crippen molar-refractivity contribution in [2.45, 2.75) is 19.4 Å². The van der Waals surface area contributed by atoms with Crippen LogP contribution in [0, 0.1) is 5.92 Å². The van der Waals surface area contributed by atoms with Gasteiger partial charge in [-0.25, -0.2) is 9.97 Å². The lowest BCUT2D eigenvalue weighted by molar-refractivity contribution is 0.0662. The van der Waals surface area contributed by atoms with Crippen molar-refractivity contribution in [1.82, 2.24) is 29.4 Å². The molecule has 7 nitrogen and oxygen atoms in total. The molecule has 1 aliphatic rings. The van der Waals surface area contributed by atoms with Crippen LogP contribution in [0.1, 0.15) is 23.2 Å². The molecule has 7 heteroatoms. The predicted molar refractivity (Wildman–Crippen MR) is 110 cm³/mol. The number of H-pyrrole nitrogens is 1. The normalized spacial score (nSPS) is 17.0. The third-order valence-corrected chi connectivity index (χ3v) is 5.61. The van der Waals surface area contributed by atoms with Crippen molar-refractivity contribution in [2.75, 3.05) is 13.1 Å². The van der Waals surface area contributed by atoms with Crippen molar-refractivity contribution < 1.29 is 4.79 Å². The van der Waals surface area contributed by atoms with E-state index in [4.69, 9.17) is 0 Å². The number of hydrogen-bond acceptors (Lipinski definition) is 4. The topological polar surface area (TPSA) is 79.7 Å².